The Bertz CT molecular complexity index is 1260. The van der Waals surface area contributed by atoms with Crippen LogP contribution in [0.25, 0.3) is 22.0 Å². The third kappa shape index (κ3) is 2.80. The highest BCUT2D eigenvalue weighted by molar-refractivity contribution is 6.10. The van der Waals surface area contributed by atoms with E-state index in [1.165, 1.54) is 6.26 Å². The fourth-order valence-corrected chi connectivity index (χ4v) is 4.34. The molecular formula is C24H21N3O3. The standard InChI is InChI=1S/C24H21N3O3/c1-15-14-26(24(29)23-7-4-12-30-23)22-13-17(8-9-21(22)27(15)16(2)28)18-5-3-6-20-19(18)10-11-25-20/h3-13,15,25H,14H2,1-2H3/t15-/m0/s1. The smallest absolute Gasteiger partial charge is 0.294 e. The van der Waals surface area contributed by atoms with E-state index in [4.69, 9.17) is 4.42 Å². The van der Waals surface area contributed by atoms with Gasteiger partial charge < -0.3 is 19.2 Å². The second-order valence-corrected chi connectivity index (χ2v) is 7.58. The topological polar surface area (TPSA) is 69.6 Å². The number of anilines is 2. The molecule has 0 saturated heterocycles. The summed E-state index contributed by atoms with van der Waals surface area (Å²) in [7, 11) is 0. The lowest BCUT2D eigenvalue weighted by Gasteiger charge is -2.40. The number of carbonyl (C=O) groups is 2. The molecule has 1 aliphatic rings. The first kappa shape index (κ1) is 18.2. The van der Waals surface area contributed by atoms with E-state index in [0.29, 0.717) is 12.2 Å². The first-order valence-corrected chi connectivity index (χ1v) is 9.90. The zero-order valence-corrected chi connectivity index (χ0v) is 16.8. The SMILES string of the molecule is CC(=O)N1c2ccc(-c3cccc4[nH]ccc34)cc2N(C(=O)c2ccco2)C[C@@H]1C. The van der Waals surface area contributed by atoms with Crippen LogP contribution in [0.1, 0.15) is 24.4 Å². The predicted molar refractivity (Wildman–Crippen MR) is 117 cm³/mol. The van der Waals surface area contributed by atoms with Gasteiger partial charge in [-0.2, -0.15) is 0 Å². The van der Waals surface area contributed by atoms with E-state index < -0.39 is 0 Å². The molecule has 2 aromatic heterocycles. The first-order chi connectivity index (χ1) is 14.5. The van der Waals surface area contributed by atoms with Gasteiger partial charge in [0.2, 0.25) is 5.91 Å². The van der Waals surface area contributed by atoms with Crippen molar-refractivity contribution < 1.29 is 14.0 Å². The normalized spacial score (nSPS) is 16.0. The van der Waals surface area contributed by atoms with Crippen LogP contribution in [0.4, 0.5) is 11.4 Å². The summed E-state index contributed by atoms with van der Waals surface area (Å²) in [5.74, 6) is 0.0187. The summed E-state index contributed by atoms with van der Waals surface area (Å²) >= 11 is 0. The van der Waals surface area contributed by atoms with Crippen LogP contribution in [0.3, 0.4) is 0 Å². The number of furan rings is 1. The fraction of sp³-hybridized carbons (Fsp3) is 0.167. The van der Waals surface area contributed by atoms with Gasteiger partial charge in [0.1, 0.15) is 0 Å². The monoisotopic (exact) mass is 399 g/mol. The van der Waals surface area contributed by atoms with E-state index >= 15 is 0 Å². The van der Waals surface area contributed by atoms with Gasteiger partial charge in [-0.25, -0.2) is 0 Å². The lowest BCUT2D eigenvalue weighted by atomic mass is 9.98. The molecule has 0 unspecified atom stereocenters. The summed E-state index contributed by atoms with van der Waals surface area (Å²) in [6.07, 6.45) is 3.41. The van der Waals surface area contributed by atoms with E-state index in [1.54, 1.807) is 28.9 Å². The lowest BCUT2D eigenvalue weighted by Crippen LogP contribution is -2.51. The maximum absolute atomic E-state index is 13.2. The molecule has 0 radical (unpaired) electrons. The molecule has 2 amide bonds. The minimum absolute atomic E-state index is 0.0469. The number of amides is 2. The van der Waals surface area contributed by atoms with Gasteiger partial charge in [0.05, 0.1) is 23.7 Å². The first-order valence-electron chi connectivity index (χ1n) is 9.90. The summed E-state index contributed by atoms with van der Waals surface area (Å²) in [6.45, 7) is 3.89. The van der Waals surface area contributed by atoms with E-state index in [1.807, 2.05) is 49.5 Å². The molecule has 4 aromatic rings. The Balaban J connectivity index is 1.69. The third-order valence-electron chi connectivity index (χ3n) is 5.64. The zero-order chi connectivity index (χ0) is 20.8. The Kier molecular flexibility index (Phi) is 4.20. The molecule has 6 heteroatoms. The van der Waals surface area contributed by atoms with Gasteiger partial charge in [-0.15, -0.1) is 0 Å². The Hall–Kier alpha value is -3.80. The summed E-state index contributed by atoms with van der Waals surface area (Å²) in [5, 5.41) is 1.11. The molecule has 0 bridgehead atoms. The molecular weight excluding hydrogens is 378 g/mol. The van der Waals surface area contributed by atoms with Crippen LogP contribution in [-0.2, 0) is 4.79 Å². The number of rotatable bonds is 2. The van der Waals surface area contributed by atoms with Crippen molar-refractivity contribution >= 4 is 34.1 Å². The summed E-state index contributed by atoms with van der Waals surface area (Å²) < 4.78 is 5.36. The van der Waals surface area contributed by atoms with Gasteiger partial charge in [-0.1, -0.05) is 18.2 Å². The number of H-pyrrole nitrogens is 1. The number of fused-ring (bicyclic) bond motifs is 2. The Morgan fingerprint density at radius 2 is 1.93 bits per heavy atom. The van der Waals surface area contributed by atoms with Crippen LogP contribution in [0, 0.1) is 0 Å². The van der Waals surface area contributed by atoms with E-state index in [0.717, 1.165) is 27.7 Å². The second-order valence-electron chi connectivity index (χ2n) is 7.58. The number of aromatic nitrogens is 1. The Labute approximate surface area is 173 Å². The van der Waals surface area contributed by atoms with Gasteiger partial charge in [0, 0.05) is 30.6 Å². The molecule has 6 nitrogen and oxygen atoms in total. The molecule has 0 fully saturated rings. The Morgan fingerprint density at radius 3 is 2.70 bits per heavy atom. The Morgan fingerprint density at radius 1 is 1.07 bits per heavy atom. The number of nitrogens with zero attached hydrogens (tertiary/aromatic N) is 2. The number of carbonyl (C=O) groups excluding carboxylic acids is 2. The molecule has 1 aliphatic heterocycles. The fourth-order valence-electron chi connectivity index (χ4n) is 4.34. The van der Waals surface area contributed by atoms with Crippen LogP contribution in [0.2, 0.25) is 0 Å². The molecule has 1 N–H and O–H groups in total. The molecule has 1 atom stereocenters. The summed E-state index contributed by atoms with van der Waals surface area (Å²) in [4.78, 5) is 32.3. The van der Waals surface area contributed by atoms with E-state index in [2.05, 4.69) is 11.1 Å². The van der Waals surface area contributed by atoms with Crippen LogP contribution in [-0.4, -0.2) is 29.4 Å². The van der Waals surface area contributed by atoms with Crippen molar-refractivity contribution in [1.29, 1.82) is 0 Å². The lowest BCUT2D eigenvalue weighted by molar-refractivity contribution is -0.117. The maximum Gasteiger partial charge on any atom is 0.294 e. The summed E-state index contributed by atoms with van der Waals surface area (Å²) in [5.41, 5.74) is 4.53. The van der Waals surface area contributed by atoms with E-state index in [9.17, 15) is 9.59 Å². The van der Waals surface area contributed by atoms with Crippen molar-refractivity contribution in [3.8, 4) is 11.1 Å². The van der Waals surface area contributed by atoms with Crippen molar-refractivity contribution in [2.45, 2.75) is 19.9 Å². The van der Waals surface area contributed by atoms with Crippen LogP contribution < -0.4 is 9.80 Å². The number of hydrogen-bond acceptors (Lipinski definition) is 3. The second kappa shape index (κ2) is 6.91. The van der Waals surface area contributed by atoms with E-state index in [-0.39, 0.29) is 23.6 Å². The largest absolute Gasteiger partial charge is 0.459 e. The maximum atomic E-state index is 13.2. The van der Waals surface area contributed by atoms with Crippen LogP contribution in [0.15, 0.2) is 71.5 Å². The van der Waals surface area contributed by atoms with Crippen molar-refractivity contribution in [2.24, 2.45) is 0 Å². The van der Waals surface area contributed by atoms with Gasteiger partial charge >= 0.3 is 0 Å². The number of benzene rings is 2. The van der Waals surface area contributed by atoms with Crippen molar-refractivity contribution in [3.05, 3.63) is 72.8 Å². The molecule has 0 aliphatic carbocycles. The van der Waals surface area contributed by atoms with Gasteiger partial charge in [0.25, 0.3) is 5.91 Å². The van der Waals surface area contributed by atoms with Crippen molar-refractivity contribution in [2.75, 3.05) is 16.3 Å². The molecule has 2 aromatic carbocycles. The van der Waals surface area contributed by atoms with Crippen LogP contribution >= 0.6 is 0 Å². The highest BCUT2D eigenvalue weighted by Gasteiger charge is 2.35. The zero-order valence-electron chi connectivity index (χ0n) is 16.8. The minimum Gasteiger partial charge on any atom is -0.459 e. The highest BCUT2D eigenvalue weighted by Crippen LogP contribution is 2.40. The average molecular weight is 399 g/mol. The van der Waals surface area contributed by atoms with Gasteiger partial charge in [-0.05, 0) is 54.4 Å². The average Bonchev–Trinajstić information content (AvgIpc) is 3.43. The van der Waals surface area contributed by atoms with Crippen molar-refractivity contribution in [1.82, 2.24) is 4.98 Å². The molecule has 150 valence electrons. The molecule has 5 rings (SSSR count). The predicted octanol–water partition coefficient (Wildman–Crippen LogP) is 4.83. The molecule has 0 saturated carbocycles. The van der Waals surface area contributed by atoms with Gasteiger partial charge in [0.15, 0.2) is 5.76 Å². The number of nitrogens with one attached hydrogen (secondary N) is 1. The van der Waals surface area contributed by atoms with Crippen LogP contribution in [0.5, 0.6) is 0 Å². The summed E-state index contributed by atoms with van der Waals surface area (Å²) in [6, 6.07) is 17.3. The third-order valence-corrected chi connectivity index (χ3v) is 5.64. The molecule has 3 heterocycles. The molecule has 0 spiro atoms. The molecule has 30 heavy (non-hydrogen) atoms. The number of aromatic amines is 1. The number of hydrogen-bond donors (Lipinski definition) is 1. The quantitative estimate of drug-likeness (QED) is 0.525. The van der Waals surface area contributed by atoms with Crippen molar-refractivity contribution in [3.63, 3.8) is 0 Å². The van der Waals surface area contributed by atoms with Gasteiger partial charge in [-0.3, -0.25) is 9.59 Å². The highest BCUT2D eigenvalue weighted by atomic mass is 16.3. The minimum atomic E-state index is -0.215.